The highest BCUT2D eigenvalue weighted by Gasteiger charge is 2.08. The molecule has 21 heavy (non-hydrogen) atoms. The van der Waals surface area contributed by atoms with Crippen LogP contribution in [-0.2, 0) is 11.3 Å². The molecule has 2 aromatic carbocycles. The van der Waals surface area contributed by atoms with Crippen molar-refractivity contribution >= 4 is 5.91 Å². The zero-order valence-electron chi connectivity index (χ0n) is 12.8. The maximum atomic E-state index is 11.8. The quantitative estimate of drug-likeness (QED) is 0.914. The van der Waals surface area contributed by atoms with E-state index in [-0.39, 0.29) is 12.5 Å². The Morgan fingerprint density at radius 1 is 1.05 bits per heavy atom. The minimum absolute atomic E-state index is 0.0393. The smallest absolute Gasteiger partial charge is 0.258 e. The fourth-order valence-electron chi connectivity index (χ4n) is 2.38. The molecule has 3 heteroatoms. The predicted molar refractivity (Wildman–Crippen MR) is 84.4 cm³/mol. The molecule has 0 aliphatic carbocycles. The first kappa shape index (κ1) is 15.1. The summed E-state index contributed by atoms with van der Waals surface area (Å²) in [5.74, 6) is 0.689. The number of benzene rings is 2. The van der Waals surface area contributed by atoms with E-state index in [2.05, 4.69) is 24.4 Å². The van der Waals surface area contributed by atoms with Crippen LogP contribution in [0.5, 0.6) is 5.75 Å². The molecule has 110 valence electrons. The van der Waals surface area contributed by atoms with Gasteiger partial charge >= 0.3 is 0 Å². The van der Waals surface area contributed by atoms with Crippen molar-refractivity contribution in [1.82, 2.24) is 5.32 Å². The third-order valence-electron chi connectivity index (χ3n) is 3.28. The lowest BCUT2D eigenvalue weighted by Gasteiger charge is -2.13. The van der Waals surface area contributed by atoms with E-state index in [9.17, 15) is 4.79 Å². The maximum Gasteiger partial charge on any atom is 0.258 e. The van der Waals surface area contributed by atoms with Crippen molar-refractivity contribution in [3.63, 3.8) is 0 Å². The highest BCUT2D eigenvalue weighted by Crippen LogP contribution is 2.24. The molecule has 0 aliphatic heterocycles. The van der Waals surface area contributed by atoms with E-state index in [1.165, 1.54) is 5.56 Å². The Hall–Kier alpha value is -2.29. The van der Waals surface area contributed by atoms with E-state index in [1.807, 2.05) is 44.2 Å². The third-order valence-corrected chi connectivity index (χ3v) is 3.28. The molecule has 0 aromatic heterocycles. The van der Waals surface area contributed by atoms with Gasteiger partial charge in [-0.05, 0) is 37.5 Å². The van der Waals surface area contributed by atoms with E-state index in [0.717, 1.165) is 22.4 Å². The van der Waals surface area contributed by atoms with E-state index in [4.69, 9.17) is 4.74 Å². The molecule has 3 nitrogen and oxygen atoms in total. The summed E-state index contributed by atoms with van der Waals surface area (Å²) in [5, 5.41) is 2.86. The molecule has 0 aliphatic rings. The van der Waals surface area contributed by atoms with Gasteiger partial charge in [0.15, 0.2) is 6.61 Å². The minimum Gasteiger partial charge on any atom is -0.483 e. The normalized spacial score (nSPS) is 10.2. The highest BCUT2D eigenvalue weighted by atomic mass is 16.5. The van der Waals surface area contributed by atoms with Crippen LogP contribution in [0.2, 0.25) is 0 Å². The summed E-state index contributed by atoms with van der Waals surface area (Å²) in [7, 11) is 0. The summed E-state index contributed by atoms with van der Waals surface area (Å²) >= 11 is 0. The Morgan fingerprint density at radius 2 is 1.67 bits per heavy atom. The first-order valence-corrected chi connectivity index (χ1v) is 7.07. The molecular weight excluding hydrogens is 262 g/mol. The Kier molecular flexibility index (Phi) is 4.99. The van der Waals surface area contributed by atoms with Gasteiger partial charge in [-0.2, -0.15) is 0 Å². The number of ether oxygens (including phenoxy) is 1. The molecular formula is C18H21NO2. The van der Waals surface area contributed by atoms with Crippen LogP contribution in [0.4, 0.5) is 0 Å². The molecule has 0 saturated carbocycles. The Morgan fingerprint density at radius 3 is 2.29 bits per heavy atom. The number of carbonyl (C=O) groups is 1. The summed E-state index contributed by atoms with van der Waals surface area (Å²) in [6.07, 6.45) is 0. The van der Waals surface area contributed by atoms with Crippen LogP contribution in [0.1, 0.15) is 22.3 Å². The monoisotopic (exact) mass is 283 g/mol. The summed E-state index contributed by atoms with van der Waals surface area (Å²) in [6.45, 7) is 6.61. The molecule has 0 radical (unpaired) electrons. The summed E-state index contributed by atoms with van der Waals surface area (Å²) in [6, 6.07) is 13.9. The largest absolute Gasteiger partial charge is 0.483 e. The lowest BCUT2D eigenvalue weighted by molar-refractivity contribution is -0.123. The van der Waals surface area contributed by atoms with Crippen molar-refractivity contribution < 1.29 is 9.53 Å². The number of nitrogens with one attached hydrogen (secondary N) is 1. The van der Waals surface area contributed by atoms with E-state index >= 15 is 0 Å². The molecule has 0 atom stereocenters. The van der Waals surface area contributed by atoms with Crippen LogP contribution in [0.25, 0.3) is 0 Å². The topological polar surface area (TPSA) is 38.3 Å². The SMILES string of the molecule is Cc1cc(C)c(OCC(=O)NCc2ccccc2)c(C)c1. The molecule has 1 N–H and O–H groups in total. The lowest BCUT2D eigenvalue weighted by Crippen LogP contribution is -2.28. The molecule has 0 fully saturated rings. The van der Waals surface area contributed by atoms with Gasteiger partial charge in [0.1, 0.15) is 5.75 Å². The Balaban J connectivity index is 1.87. The van der Waals surface area contributed by atoms with Crippen LogP contribution in [0.15, 0.2) is 42.5 Å². The van der Waals surface area contributed by atoms with E-state index < -0.39 is 0 Å². The van der Waals surface area contributed by atoms with Crippen LogP contribution < -0.4 is 10.1 Å². The average Bonchev–Trinajstić information content (AvgIpc) is 2.45. The summed E-state index contributed by atoms with van der Waals surface area (Å²) in [5.41, 5.74) is 4.39. The predicted octanol–water partition coefficient (Wildman–Crippen LogP) is 3.31. The average molecular weight is 283 g/mol. The van der Waals surface area contributed by atoms with Gasteiger partial charge in [0.2, 0.25) is 0 Å². The molecule has 2 aromatic rings. The third kappa shape index (κ3) is 4.35. The number of aryl methyl sites for hydroxylation is 3. The van der Waals surface area contributed by atoms with Crippen molar-refractivity contribution in [3.05, 3.63) is 64.7 Å². The second kappa shape index (κ2) is 6.93. The van der Waals surface area contributed by atoms with Gasteiger partial charge in [0.05, 0.1) is 0 Å². The van der Waals surface area contributed by atoms with Crippen LogP contribution in [0, 0.1) is 20.8 Å². The van der Waals surface area contributed by atoms with Gasteiger partial charge in [0, 0.05) is 6.54 Å². The molecule has 0 saturated heterocycles. The van der Waals surface area contributed by atoms with Gasteiger partial charge in [-0.3, -0.25) is 4.79 Å². The van der Waals surface area contributed by atoms with Gasteiger partial charge in [-0.15, -0.1) is 0 Å². The number of hydrogen-bond acceptors (Lipinski definition) is 2. The number of amides is 1. The van der Waals surface area contributed by atoms with Crippen molar-refractivity contribution in [2.45, 2.75) is 27.3 Å². The fraction of sp³-hybridized carbons (Fsp3) is 0.278. The van der Waals surface area contributed by atoms with Crippen LogP contribution in [0.3, 0.4) is 0 Å². The molecule has 1 amide bonds. The molecule has 0 unspecified atom stereocenters. The maximum absolute atomic E-state index is 11.8. The van der Waals surface area contributed by atoms with Crippen molar-refractivity contribution in [3.8, 4) is 5.75 Å². The van der Waals surface area contributed by atoms with Gasteiger partial charge < -0.3 is 10.1 Å². The Bertz CT molecular complexity index is 597. The lowest BCUT2D eigenvalue weighted by atomic mass is 10.1. The number of rotatable bonds is 5. The van der Waals surface area contributed by atoms with Crippen molar-refractivity contribution in [2.24, 2.45) is 0 Å². The first-order valence-electron chi connectivity index (χ1n) is 7.07. The van der Waals surface area contributed by atoms with Crippen molar-refractivity contribution in [1.29, 1.82) is 0 Å². The van der Waals surface area contributed by atoms with Gasteiger partial charge in [-0.1, -0.05) is 48.0 Å². The minimum atomic E-state index is -0.113. The second-order valence-electron chi connectivity index (χ2n) is 5.28. The fourth-order valence-corrected chi connectivity index (χ4v) is 2.38. The number of hydrogen-bond donors (Lipinski definition) is 1. The van der Waals surface area contributed by atoms with Gasteiger partial charge in [0.25, 0.3) is 5.91 Å². The summed E-state index contributed by atoms with van der Waals surface area (Å²) in [4.78, 5) is 11.8. The molecule has 0 spiro atoms. The van der Waals surface area contributed by atoms with Crippen LogP contribution >= 0.6 is 0 Å². The number of carbonyl (C=O) groups excluding carboxylic acids is 1. The van der Waals surface area contributed by atoms with Gasteiger partial charge in [-0.25, -0.2) is 0 Å². The highest BCUT2D eigenvalue weighted by molar-refractivity contribution is 5.77. The molecule has 0 heterocycles. The zero-order valence-corrected chi connectivity index (χ0v) is 12.8. The van der Waals surface area contributed by atoms with E-state index in [0.29, 0.717) is 6.54 Å². The standard InChI is InChI=1S/C18H21NO2/c1-13-9-14(2)18(15(3)10-13)21-12-17(20)19-11-16-7-5-4-6-8-16/h4-10H,11-12H2,1-3H3,(H,19,20). The van der Waals surface area contributed by atoms with Crippen LogP contribution in [-0.4, -0.2) is 12.5 Å². The first-order chi connectivity index (χ1) is 10.1. The molecule has 2 rings (SSSR count). The summed E-state index contributed by atoms with van der Waals surface area (Å²) < 4.78 is 5.66. The van der Waals surface area contributed by atoms with E-state index in [1.54, 1.807) is 0 Å². The van der Waals surface area contributed by atoms with Crippen molar-refractivity contribution in [2.75, 3.05) is 6.61 Å². The zero-order chi connectivity index (χ0) is 15.2. The molecule has 0 bridgehead atoms. The second-order valence-corrected chi connectivity index (χ2v) is 5.28. The Labute approximate surface area is 126 Å².